The smallest absolute Gasteiger partial charge is 0.381 e. The Morgan fingerprint density at radius 3 is 2.39 bits per heavy atom. The maximum Gasteiger partial charge on any atom is 0.391 e. The second kappa shape index (κ2) is 4.58. The third-order valence-electron chi connectivity index (χ3n) is 3.06. The summed E-state index contributed by atoms with van der Waals surface area (Å²) in [5.41, 5.74) is 5.29. The first kappa shape index (κ1) is 12.8. The van der Waals surface area contributed by atoms with E-state index in [0.717, 1.165) is 6.33 Å². The molecule has 18 heavy (non-hydrogen) atoms. The first-order valence-corrected chi connectivity index (χ1v) is 5.47. The van der Waals surface area contributed by atoms with Crippen LogP contribution < -0.4 is 10.6 Å². The van der Waals surface area contributed by atoms with E-state index in [1.165, 1.54) is 4.90 Å². The average Bonchev–Trinajstić information content (AvgIpc) is 2.32. The summed E-state index contributed by atoms with van der Waals surface area (Å²) in [5, 5.41) is 0. The van der Waals surface area contributed by atoms with Crippen molar-refractivity contribution in [2.24, 2.45) is 5.92 Å². The number of nitrogens with two attached hydrogens (primary N) is 1. The van der Waals surface area contributed by atoms with Crippen LogP contribution in [0.2, 0.25) is 0 Å². The van der Waals surface area contributed by atoms with E-state index in [4.69, 9.17) is 5.73 Å². The maximum atomic E-state index is 13.6. The Labute approximate surface area is 101 Å². The third kappa shape index (κ3) is 2.46. The molecule has 2 rings (SSSR count). The minimum absolute atomic E-state index is 0.0249. The normalized spacial score (nSPS) is 18.1. The summed E-state index contributed by atoms with van der Waals surface area (Å²) in [6.45, 7) is 0.217. The highest BCUT2D eigenvalue weighted by Crippen LogP contribution is 2.35. The molecule has 0 aromatic carbocycles. The van der Waals surface area contributed by atoms with Crippen LogP contribution in [-0.4, -0.2) is 29.2 Å². The molecule has 8 heteroatoms. The second-order valence-corrected chi connectivity index (χ2v) is 4.20. The van der Waals surface area contributed by atoms with Gasteiger partial charge in [0.1, 0.15) is 6.33 Å². The van der Waals surface area contributed by atoms with E-state index in [1.807, 2.05) is 0 Å². The lowest BCUT2D eigenvalue weighted by Crippen LogP contribution is -2.39. The van der Waals surface area contributed by atoms with Crippen molar-refractivity contribution >= 4 is 11.6 Å². The van der Waals surface area contributed by atoms with Gasteiger partial charge in [-0.15, -0.1) is 0 Å². The van der Waals surface area contributed by atoms with E-state index >= 15 is 0 Å². The van der Waals surface area contributed by atoms with Crippen molar-refractivity contribution in [2.45, 2.75) is 19.0 Å². The van der Waals surface area contributed by atoms with Crippen LogP contribution in [0.3, 0.4) is 0 Å². The van der Waals surface area contributed by atoms with Gasteiger partial charge in [0.25, 0.3) is 0 Å². The quantitative estimate of drug-likeness (QED) is 0.788. The average molecular weight is 264 g/mol. The molecule has 1 aromatic rings. The van der Waals surface area contributed by atoms with Gasteiger partial charge in [-0.2, -0.15) is 17.6 Å². The first-order chi connectivity index (χ1) is 8.39. The number of aromatic nitrogens is 2. The molecular weight excluding hydrogens is 252 g/mol. The molecule has 1 aliphatic rings. The van der Waals surface area contributed by atoms with Gasteiger partial charge in [0.15, 0.2) is 11.6 Å². The molecule has 2 heterocycles. The highest BCUT2D eigenvalue weighted by molar-refractivity contribution is 5.48. The Kier molecular flexibility index (Phi) is 3.27. The van der Waals surface area contributed by atoms with Crippen LogP contribution in [0.25, 0.3) is 0 Å². The van der Waals surface area contributed by atoms with Crippen LogP contribution in [0.15, 0.2) is 6.33 Å². The molecule has 0 spiro atoms. The fraction of sp³-hybridized carbons (Fsp3) is 0.600. The summed E-state index contributed by atoms with van der Waals surface area (Å²) in [6.07, 6.45) is -3.21. The van der Waals surface area contributed by atoms with E-state index in [2.05, 4.69) is 9.97 Å². The molecule has 0 amide bonds. The molecule has 4 nitrogen and oxygen atoms in total. The molecule has 0 atom stereocenters. The fourth-order valence-electron chi connectivity index (χ4n) is 2.01. The standard InChI is InChI=1S/C10H12F4N4/c11-7-8(15)16-5-17-9(7)18-3-1-6(2-4-18)10(12,13)14/h5-6H,1-4H2,(H2,15,16,17). The molecule has 0 saturated carbocycles. The summed E-state index contributed by atoms with van der Waals surface area (Å²) in [7, 11) is 0. The Morgan fingerprint density at radius 1 is 1.22 bits per heavy atom. The second-order valence-electron chi connectivity index (χ2n) is 4.20. The zero-order chi connectivity index (χ0) is 13.3. The number of nitrogens with zero attached hydrogens (tertiary/aromatic N) is 3. The zero-order valence-corrected chi connectivity index (χ0v) is 9.41. The zero-order valence-electron chi connectivity index (χ0n) is 9.41. The monoisotopic (exact) mass is 264 g/mol. The summed E-state index contributed by atoms with van der Waals surface area (Å²) >= 11 is 0. The number of alkyl halides is 3. The molecule has 1 aliphatic heterocycles. The van der Waals surface area contributed by atoms with E-state index in [0.29, 0.717) is 0 Å². The lowest BCUT2D eigenvalue weighted by atomic mass is 9.96. The highest BCUT2D eigenvalue weighted by Gasteiger charge is 2.41. The molecule has 1 aromatic heterocycles. The third-order valence-corrected chi connectivity index (χ3v) is 3.06. The Morgan fingerprint density at radius 2 is 1.83 bits per heavy atom. The lowest BCUT2D eigenvalue weighted by molar-refractivity contribution is -0.179. The van der Waals surface area contributed by atoms with Crippen LogP contribution >= 0.6 is 0 Å². The van der Waals surface area contributed by atoms with E-state index in [-0.39, 0.29) is 37.6 Å². The Balaban J connectivity index is 2.08. The van der Waals surface area contributed by atoms with Crippen molar-refractivity contribution in [1.29, 1.82) is 0 Å². The number of hydrogen-bond donors (Lipinski definition) is 1. The van der Waals surface area contributed by atoms with Crippen molar-refractivity contribution in [2.75, 3.05) is 23.7 Å². The minimum atomic E-state index is -4.19. The summed E-state index contributed by atoms with van der Waals surface area (Å²) in [4.78, 5) is 8.67. The van der Waals surface area contributed by atoms with Gasteiger partial charge in [-0.05, 0) is 12.8 Å². The Hall–Kier alpha value is -1.60. The van der Waals surface area contributed by atoms with E-state index < -0.39 is 17.9 Å². The maximum absolute atomic E-state index is 13.6. The predicted molar refractivity (Wildman–Crippen MR) is 57.4 cm³/mol. The van der Waals surface area contributed by atoms with E-state index in [1.54, 1.807) is 0 Å². The molecule has 1 saturated heterocycles. The van der Waals surface area contributed by atoms with Crippen molar-refractivity contribution in [1.82, 2.24) is 9.97 Å². The lowest BCUT2D eigenvalue weighted by Gasteiger charge is -2.33. The van der Waals surface area contributed by atoms with Crippen molar-refractivity contribution < 1.29 is 17.6 Å². The largest absolute Gasteiger partial charge is 0.391 e. The highest BCUT2D eigenvalue weighted by atomic mass is 19.4. The van der Waals surface area contributed by atoms with Gasteiger partial charge >= 0.3 is 6.18 Å². The van der Waals surface area contributed by atoms with Crippen molar-refractivity contribution in [3.8, 4) is 0 Å². The number of nitrogen functional groups attached to an aromatic ring is 1. The number of rotatable bonds is 1. The van der Waals surface area contributed by atoms with Gasteiger partial charge in [0.05, 0.1) is 5.92 Å². The number of piperidine rings is 1. The van der Waals surface area contributed by atoms with Gasteiger partial charge in [-0.25, -0.2) is 9.97 Å². The SMILES string of the molecule is Nc1ncnc(N2CCC(C(F)(F)F)CC2)c1F. The van der Waals surface area contributed by atoms with Crippen molar-refractivity contribution in [3.05, 3.63) is 12.1 Å². The van der Waals surface area contributed by atoms with Gasteiger partial charge in [0, 0.05) is 13.1 Å². The summed E-state index contributed by atoms with van der Waals surface area (Å²) in [6, 6.07) is 0. The van der Waals surface area contributed by atoms with Crippen molar-refractivity contribution in [3.63, 3.8) is 0 Å². The van der Waals surface area contributed by atoms with Crippen LogP contribution in [0.4, 0.5) is 29.2 Å². The van der Waals surface area contributed by atoms with Gasteiger partial charge in [-0.1, -0.05) is 0 Å². The molecular formula is C10H12F4N4. The van der Waals surface area contributed by atoms with Crippen LogP contribution in [0.1, 0.15) is 12.8 Å². The van der Waals surface area contributed by atoms with E-state index in [9.17, 15) is 17.6 Å². The van der Waals surface area contributed by atoms with Gasteiger partial charge < -0.3 is 10.6 Å². The fourth-order valence-corrected chi connectivity index (χ4v) is 2.01. The topological polar surface area (TPSA) is 55.0 Å². The predicted octanol–water partition coefficient (Wildman–Crippen LogP) is 1.98. The minimum Gasteiger partial charge on any atom is -0.381 e. The molecule has 0 radical (unpaired) electrons. The number of hydrogen-bond acceptors (Lipinski definition) is 4. The van der Waals surface area contributed by atoms with Crippen LogP contribution in [-0.2, 0) is 0 Å². The molecule has 0 aliphatic carbocycles. The van der Waals surface area contributed by atoms with Gasteiger partial charge in [-0.3, -0.25) is 0 Å². The Bertz CT molecular complexity index is 426. The number of halogens is 4. The van der Waals surface area contributed by atoms with Gasteiger partial charge in [0.2, 0.25) is 5.82 Å². The first-order valence-electron chi connectivity index (χ1n) is 5.47. The number of anilines is 2. The molecule has 2 N–H and O–H groups in total. The summed E-state index contributed by atoms with van der Waals surface area (Å²) < 4.78 is 51.0. The molecule has 100 valence electrons. The van der Waals surface area contributed by atoms with Crippen LogP contribution in [0, 0.1) is 11.7 Å². The van der Waals surface area contributed by atoms with Crippen LogP contribution in [0.5, 0.6) is 0 Å². The molecule has 0 bridgehead atoms. The summed E-state index contributed by atoms with van der Waals surface area (Å²) in [5.74, 6) is -2.42. The molecule has 0 unspecified atom stereocenters. The molecule has 1 fully saturated rings.